The molecule has 1 aromatic heterocycles. The smallest absolute Gasteiger partial charge is 0.216 e. The fourth-order valence-electron chi connectivity index (χ4n) is 2.46. The Hall–Kier alpha value is -1.36. The Morgan fingerprint density at radius 1 is 1.22 bits per heavy atom. The van der Waals surface area contributed by atoms with Gasteiger partial charge in [-0.1, -0.05) is 44.7 Å². The van der Waals surface area contributed by atoms with Gasteiger partial charge in [0.15, 0.2) is 0 Å². The summed E-state index contributed by atoms with van der Waals surface area (Å²) in [4.78, 5) is 19.2. The van der Waals surface area contributed by atoms with Crippen LogP contribution in [-0.4, -0.2) is 28.5 Å². The highest BCUT2D eigenvalue weighted by Gasteiger charge is 2.12. The summed E-state index contributed by atoms with van der Waals surface area (Å²) in [7, 11) is 0. The van der Waals surface area contributed by atoms with Crippen molar-refractivity contribution < 1.29 is 4.79 Å². The van der Waals surface area contributed by atoms with Crippen LogP contribution < -0.4 is 10.6 Å². The largest absolute Gasteiger partial charge is 0.366 e. The molecule has 1 aromatic rings. The molecule has 0 aliphatic carbocycles. The van der Waals surface area contributed by atoms with Crippen molar-refractivity contribution in [3.05, 3.63) is 17.0 Å². The summed E-state index contributed by atoms with van der Waals surface area (Å²) in [6.07, 6.45) is 9.03. The van der Waals surface area contributed by atoms with E-state index in [2.05, 4.69) is 27.5 Å². The maximum absolute atomic E-state index is 10.8. The minimum Gasteiger partial charge on any atom is -0.366 e. The van der Waals surface area contributed by atoms with Crippen LogP contribution in [0, 0.1) is 0 Å². The summed E-state index contributed by atoms with van der Waals surface area (Å²) in [6.45, 7) is 6.54. The first-order valence-electron chi connectivity index (χ1n) is 8.58. The number of rotatable bonds is 11. The summed E-state index contributed by atoms with van der Waals surface area (Å²) in [6, 6.07) is 0.377. The zero-order valence-electron chi connectivity index (χ0n) is 14.5. The van der Waals surface area contributed by atoms with Gasteiger partial charge >= 0.3 is 0 Å². The maximum atomic E-state index is 10.8. The van der Waals surface area contributed by atoms with E-state index < -0.39 is 0 Å². The van der Waals surface area contributed by atoms with Gasteiger partial charge in [0.05, 0.1) is 5.69 Å². The van der Waals surface area contributed by atoms with E-state index in [1.165, 1.54) is 6.42 Å². The quantitative estimate of drug-likeness (QED) is 0.598. The number of nitrogens with zero attached hydrogens (tertiary/aromatic N) is 2. The van der Waals surface area contributed by atoms with Crippen molar-refractivity contribution in [3.63, 3.8) is 0 Å². The average molecular weight is 341 g/mol. The summed E-state index contributed by atoms with van der Waals surface area (Å²) in [5, 5.41) is 6.92. The van der Waals surface area contributed by atoms with E-state index in [4.69, 9.17) is 11.6 Å². The number of anilines is 1. The van der Waals surface area contributed by atoms with Crippen molar-refractivity contribution >= 4 is 23.3 Å². The molecule has 0 saturated heterocycles. The van der Waals surface area contributed by atoms with Crippen molar-refractivity contribution in [2.45, 2.75) is 71.8 Å². The molecule has 1 rings (SSSR count). The second kappa shape index (κ2) is 11.2. The highest BCUT2D eigenvalue weighted by Crippen LogP contribution is 2.24. The standard InChI is InChI=1S/C17H29ClN4O/c1-4-14(10-8-6-7-9-11-19-13(3)23)22-17-16(18)15(5-2)20-12-21-17/h12,14H,4-11H2,1-3H3,(H,19,23)(H,20,21,22). The molecule has 1 atom stereocenters. The summed E-state index contributed by atoms with van der Waals surface area (Å²) < 4.78 is 0. The summed E-state index contributed by atoms with van der Waals surface area (Å²) in [5.74, 6) is 0.796. The van der Waals surface area contributed by atoms with Gasteiger partial charge in [-0.05, 0) is 25.7 Å². The first kappa shape index (κ1) is 19.7. The number of aromatic nitrogens is 2. The molecule has 0 aromatic carbocycles. The predicted octanol–water partition coefficient (Wildman–Crippen LogP) is 3.97. The molecule has 0 fully saturated rings. The topological polar surface area (TPSA) is 66.9 Å². The normalized spacial score (nSPS) is 12.0. The van der Waals surface area contributed by atoms with Crippen molar-refractivity contribution in [2.75, 3.05) is 11.9 Å². The Balaban J connectivity index is 2.31. The van der Waals surface area contributed by atoms with Crippen LogP contribution >= 0.6 is 11.6 Å². The molecule has 0 radical (unpaired) electrons. The van der Waals surface area contributed by atoms with Crippen LogP contribution in [0.3, 0.4) is 0 Å². The van der Waals surface area contributed by atoms with E-state index in [0.717, 1.165) is 56.6 Å². The molecule has 5 nitrogen and oxygen atoms in total. The molecule has 0 saturated carbocycles. The average Bonchev–Trinajstić information content (AvgIpc) is 2.54. The van der Waals surface area contributed by atoms with Crippen LogP contribution in [0.5, 0.6) is 0 Å². The maximum Gasteiger partial charge on any atom is 0.216 e. The van der Waals surface area contributed by atoms with Crippen molar-refractivity contribution in [1.29, 1.82) is 0 Å². The first-order chi connectivity index (χ1) is 11.1. The zero-order valence-corrected chi connectivity index (χ0v) is 15.2. The minimum absolute atomic E-state index is 0.0495. The lowest BCUT2D eigenvalue weighted by Gasteiger charge is -2.18. The fraction of sp³-hybridized carbons (Fsp3) is 0.706. The Bertz CT molecular complexity index is 482. The molecule has 1 heterocycles. The van der Waals surface area contributed by atoms with Gasteiger partial charge < -0.3 is 10.6 Å². The van der Waals surface area contributed by atoms with Crippen LogP contribution in [0.2, 0.25) is 5.02 Å². The van der Waals surface area contributed by atoms with Crippen LogP contribution in [0.1, 0.15) is 65.0 Å². The number of halogens is 1. The molecular weight excluding hydrogens is 312 g/mol. The van der Waals surface area contributed by atoms with E-state index >= 15 is 0 Å². The van der Waals surface area contributed by atoms with Crippen LogP contribution in [-0.2, 0) is 11.2 Å². The third kappa shape index (κ3) is 7.64. The number of carbonyl (C=O) groups excluding carboxylic acids is 1. The third-order valence-electron chi connectivity index (χ3n) is 3.88. The molecule has 1 amide bonds. The van der Waals surface area contributed by atoms with Gasteiger partial charge in [0.2, 0.25) is 5.91 Å². The highest BCUT2D eigenvalue weighted by molar-refractivity contribution is 6.33. The van der Waals surface area contributed by atoms with Crippen molar-refractivity contribution in [2.24, 2.45) is 0 Å². The van der Waals surface area contributed by atoms with E-state index in [1.807, 2.05) is 6.92 Å². The Morgan fingerprint density at radius 2 is 1.96 bits per heavy atom. The SMILES string of the molecule is CCc1ncnc(NC(CC)CCCCCCNC(C)=O)c1Cl. The lowest BCUT2D eigenvalue weighted by molar-refractivity contribution is -0.118. The van der Waals surface area contributed by atoms with Gasteiger partial charge in [-0.25, -0.2) is 9.97 Å². The van der Waals surface area contributed by atoms with Crippen LogP contribution in [0.15, 0.2) is 6.33 Å². The molecule has 1 unspecified atom stereocenters. The number of aryl methyl sites for hydroxylation is 1. The second-order valence-corrected chi connectivity index (χ2v) is 6.15. The number of hydrogen-bond acceptors (Lipinski definition) is 4. The zero-order chi connectivity index (χ0) is 17.1. The number of unbranched alkanes of at least 4 members (excludes halogenated alkanes) is 3. The minimum atomic E-state index is 0.0495. The van der Waals surface area contributed by atoms with Gasteiger partial charge in [-0.3, -0.25) is 4.79 Å². The van der Waals surface area contributed by atoms with Crippen molar-refractivity contribution in [3.8, 4) is 0 Å². The fourth-order valence-corrected chi connectivity index (χ4v) is 2.74. The molecule has 130 valence electrons. The lowest BCUT2D eigenvalue weighted by atomic mass is 10.0. The van der Waals surface area contributed by atoms with Gasteiger partial charge in [0.1, 0.15) is 17.2 Å². The number of nitrogens with one attached hydrogen (secondary N) is 2. The molecule has 0 aliphatic heterocycles. The van der Waals surface area contributed by atoms with Gasteiger partial charge in [0, 0.05) is 19.5 Å². The second-order valence-electron chi connectivity index (χ2n) is 5.77. The Kier molecular flexibility index (Phi) is 9.60. The number of hydrogen-bond donors (Lipinski definition) is 2. The molecule has 6 heteroatoms. The molecule has 0 bridgehead atoms. The van der Waals surface area contributed by atoms with Gasteiger partial charge in [-0.15, -0.1) is 0 Å². The van der Waals surface area contributed by atoms with Gasteiger partial charge in [-0.2, -0.15) is 0 Å². The van der Waals surface area contributed by atoms with Crippen molar-refractivity contribution in [1.82, 2.24) is 15.3 Å². The monoisotopic (exact) mass is 340 g/mol. The molecule has 0 spiro atoms. The van der Waals surface area contributed by atoms with Crippen LogP contribution in [0.25, 0.3) is 0 Å². The Labute approximate surface area is 144 Å². The summed E-state index contributed by atoms with van der Waals surface area (Å²) in [5.41, 5.74) is 0.886. The first-order valence-corrected chi connectivity index (χ1v) is 8.96. The van der Waals surface area contributed by atoms with E-state index in [0.29, 0.717) is 11.1 Å². The van der Waals surface area contributed by atoms with E-state index in [1.54, 1.807) is 13.3 Å². The number of amides is 1. The van der Waals surface area contributed by atoms with Crippen LogP contribution in [0.4, 0.5) is 5.82 Å². The summed E-state index contributed by atoms with van der Waals surface area (Å²) >= 11 is 6.33. The molecule has 2 N–H and O–H groups in total. The van der Waals surface area contributed by atoms with E-state index in [9.17, 15) is 4.79 Å². The lowest BCUT2D eigenvalue weighted by Crippen LogP contribution is -2.21. The molecule has 23 heavy (non-hydrogen) atoms. The molecular formula is C17H29ClN4O. The van der Waals surface area contributed by atoms with Gasteiger partial charge in [0.25, 0.3) is 0 Å². The van der Waals surface area contributed by atoms with E-state index in [-0.39, 0.29) is 5.91 Å². The Morgan fingerprint density at radius 3 is 2.61 bits per heavy atom. The number of carbonyl (C=O) groups is 1. The predicted molar refractivity (Wildman–Crippen MR) is 95.9 cm³/mol. The third-order valence-corrected chi connectivity index (χ3v) is 4.28. The molecule has 0 aliphatic rings. The highest BCUT2D eigenvalue weighted by atomic mass is 35.5.